The van der Waals surface area contributed by atoms with Crippen LogP contribution in [0.5, 0.6) is 0 Å². The van der Waals surface area contributed by atoms with E-state index in [2.05, 4.69) is 5.32 Å². The summed E-state index contributed by atoms with van der Waals surface area (Å²) in [4.78, 5) is 40.1. The highest BCUT2D eigenvalue weighted by Crippen LogP contribution is 2.17. The van der Waals surface area contributed by atoms with Gasteiger partial charge in [0.05, 0.1) is 24.2 Å². The SMILES string of the molecule is NC(=O)c1ccccc1NC(=O)CN1CCN(C(=O)Cc2ccccc2Cl)CC1. The van der Waals surface area contributed by atoms with Gasteiger partial charge in [-0.1, -0.05) is 41.9 Å². The van der Waals surface area contributed by atoms with Gasteiger partial charge in [0.25, 0.3) is 5.91 Å². The molecule has 3 amide bonds. The second-order valence-corrected chi connectivity index (χ2v) is 7.29. The van der Waals surface area contributed by atoms with Crippen LogP contribution < -0.4 is 11.1 Å². The maximum absolute atomic E-state index is 12.5. The first kappa shape index (κ1) is 20.8. The Kier molecular flexibility index (Phi) is 6.85. The van der Waals surface area contributed by atoms with Gasteiger partial charge in [0, 0.05) is 31.2 Å². The highest BCUT2D eigenvalue weighted by molar-refractivity contribution is 6.31. The lowest BCUT2D eigenvalue weighted by atomic mass is 10.1. The van der Waals surface area contributed by atoms with Crippen molar-refractivity contribution in [2.24, 2.45) is 5.73 Å². The van der Waals surface area contributed by atoms with Crippen molar-refractivity contribution in [3.05, 3.63) is 64.7 Å². The molecule has 3 rings (SSSR count). The lowest BCUT2D eigenvalue weighted by molar-refractivity contribution is -0.132. The first-order valence-corrected chi connectivity index (χ1v) is 9.74. The predicted molar refractivity (Wildman–Crippen MR) is 112 cm³/mol. The average molecular weight is 415 g/mol. The van der Waals surface area contributed by atoms with Crippen molar-refractivity contribution in [2.75, 3.05) is 38.0 Å². The smallest absolute Gasteiger partial charge is 0.250 e. The fraction of sp³-hybridized carbons (Fsp3) is 0.286. The molecular weight excluding hydrogens is 392 g/mol. The standard InChI is InChI=1S/C21H23ClN4O3/c22-17-7-3-1-5-15(17)13-20(28)26-11-9-25(10-12-26)14-19(27)24-18-8-4-2-6-16(18)21(23)29/h1-8H,9-14H2,(H2,23,29)(H,24,27). The van der Waals surface area contributed by atoms with E-state index in [0.29, 0.717) is 36.9 Å². The summed E-state index contributed by atoms with van der Waals surface area (Å²) in [6.07, 6.45) is 0.268. The number of carbonyl (C=O) groups excluding carboxylic acids is 3. The number of nitrogens with one attached hydrogen (secondary N) is 1. The number of halogens is 1. The summed E-state index contributed by atoms with van der Waals surface area (Å²) < 4.78 is 0. The number of para-hydroxylation sites is 1. The zero-order chi connectivity index (χ0) is 20.8. The van der Waals surface area contributed by atoms with E-state index < -0.39 is 5.91 Å². The van der Waals surface area contributed by atoms with Crippen LogP contribution in [0.25, 0.3) is 0 Å². The van der Waals surface area contributed by atoms with E-state index in [4.69, 9.17) is 17.3 Å². The van der Waals surface area contributed by atoms with E-state index in [1.165, 1.54) is 0 Å². The molecule has 29 heavy (non-hydrogen) atoms. The second kappa shape index (κ2) is 9.54. The van der Waals surface area contributed by atoms with Gasteiger partial charge < -0.3 is 16.0 Å². The molecule has 3 N–H and O–H groups in total. The molecule has 0 bridgehead atoms. The van der Waals surface area contributed by atoms with E-state index in [1.807, 2.05) is 23.1 Å². The number of primary amides is 1. The number of nitrogens with two attached hydrogens (primary N) is 1. The topological polar surface area (TPSA) is 95.7 Å². The summed E-state index contributed by atoms with van der Waals surface area (Å²) in [5, 5.41) is 3.33. The number of hydrogen-bond acceptors (Lipinski definition) is 4. The van der Waals surface area contributed by atoms with Gasteiger partial charge in [-0.15, -0.1) is 0 Å². The number of anilines is 1. The van der Waals surface area contributed by atoms with Gasteiger partial charge in [0.1, 0.15) is 0 Å². The first-order chi connectivity index (χ1) is 13.9. The molecule has 2 aromatic rings. The van der Waals surface area contributed by atoms with Crippen LogP contribution in [-0.4, -0.2) is 60.2 Å². The lowest BCUT2D eigenvalue weighted by Gasteiger charge is -2.34. The Hall–Kier alpha value is -2.90. The Bertz CT molecular complexity index is 910. The Morgan fingerprint density at radius 3 is 2.31 bits per heavy atom. The van der Waals surface area contributed by atoms with Crippen LogP contribution >= 0.6 is 11.6 Å². The molecule has 1 heterocycles. The number of carbonyl (C=O) groups is 3. The van der Waals surface area contributed by atoms with E-state index in [0.717, 1.165) is 5.56 Å². The van der Waals surface area contributed by atoms with Crippen LogP contribution in [0.15, 0.2) is 48.5 Å². The number of benzene rings is 2. The summed E-state index contributed by atoms with van der Waals surface area (Å²) in [6, 6.07) is 14.0. The van der Waals surface area contributed by atoms with Crippen LogP contribution in [0.1, 0.15) is 15.9 Å². The summed E-state index contributed by atoms with van der Waals surface area (Å²) in [5.74, 6) is -0.793. The van der Waals surface area contributed by atoms with Crippen LogP contribution in [0.3, 0.4) is 0 Å². The van der Waals surface area contributed by atoms with Gasteiger partial charge in [-0.3, -0.25) is 19.3 Å². The zero-order valence-corrected chi connectivity index (χ0v) is 16.7. The summed E-state index contributed by atoms with van der Waals surface area (Å²) in [6.45, 7) is 2.47. The molecule has 0 unspecified atom stereocenters. The number of nitrogens with zero attached hydrogens (tertiary/aromatic N) is 2. The first-order valence-electron chi connectivity index (χ1n) is 9.36. The van der Waals surface area contributed by atoms with Gasteiger partial charge in [-0.25, -0.2) is 0 Å². The highest BCUT2D eigenvalue weighted by Gasteiger charge is 2.23. The van der Waals surface area contributed by atoms with Crippen molar-refractivity contribution < 1.29 is 14.4 Å². The molecule has 1 aliphatic heterocycles. The third-order valence-corrected chi connectivity index (χ3v) is 5.23. The zero-order valence-electron chi connectivity index (χ0n) is 15.9. The molecule has 1 fully saturated rings. The predicted octanol–water partition coefficient (Wildman–Crippen LogP) is 1.76. The molecule has 1 saturated heterocycles. The van der Waals surface area contributed by atoms with Gasteiger partial charge in [0.15, 0.2) is 0 Å². The summed E-state index contributed by atoms with van der Waals surface area (Å²) >= 11 is 6.13. The fourth-order valence-electron chi connectivity index (χ4n) is 3.27. The van der Waals surface area contributed by atoms with E-state index in [1.54, 1.807) is 35.2 Å². The minimum atomic E-state index is -0.591. The van der Waals surface area contributed by atoms with Crippen molar-refractivity contribution in [1.82, 2.24) is 9.80 Å². The number of piperazine rings is 1. The van der Waals surface area contributed by atoms with Crippen molar-refractivity contribution in [1.29, 1.82) is 0 Å². The van der Waals surface area contributed by atoms with Crippen LogP contribution in [0, 0.1) is 0 Å². The third-order valence-electron chi connectivity index (χ3n) is 4.86. The molecular formula is C21H23ClN4O3. The normalized spacial score (nSPS) is 14.4. The van der Waals surface area contributed by atoms with Crippen LogP contribution in [-0.2, 0) is 16.0 Å². The Balaban J connectivity index is 1.48. The maximum Gasteiger partial charge on any atom is 0.250 e. The average Bonchev–Trinajstić information content (AvgIpc) is 2.70. The largest absolute Gasteiger partial charge is 0.366 e. The third kappa shape index (κ3) is 5.56. The Labute approximate surface area is 174 Å². The van der Waals surface area contributed by atoms with Crippen molar-refractivity contribution >= 4 is 35.0 Å². The van der Waals surface area contributed by atoms with Gasteiger partial charge in [-0.05, 0) is 23.8 Å². The van der Waals surface area contributed by atoms with Gasteiger partial charge in [0.2, 0.25) is 11.8 Å². The molecule has 0 aliphatic carbocycles. The second-order valence-electron chi connectivity index (χ2n) is 6.88. The van der Waals surface area contributed by atoms with Crippen molar-refractivity contribution in [2.45, 2.75) is 6.42 Å². The molecule has 1 aliphatic rings. The van der Waals surface area contributed by atoms with Gasteiger partial charge in [-0.2, -0.15) is 0 Å². The minimum absolute atomic E-state index is 0.0255. The number of rotatable bonds is 6. The number of amides is 3. The monoisotopic (exact) mass is 414 g/mol. The molecule has 8 heteroatoms. The number of hydrogen-bond donors (Lipinski definition) is 2. The van der Waals surface area contributed by atoms with Crippen LogP contribution in [0.2, 0.25) is 5.02 Å². The van der Waals surface area contributed by atoms with E-state index in [-0.39, 0.29) is 30.3 Å². The van der Waals surface area contributed by atoms with Crippen molar-refractivity contribution in [3.63, 3.8) is 0 Å². The van der Waals surface area contributed by atoms with Gasteiger partial charge >= 0.3 is 0 Å². The lowest BCUT2D eigenvalue weighted by Crippen LogP contribution is -2.50. The molecule has 152 valence electrons. The Morgan fingerprint density at radius 1 is 0.966 bits per heavy atom. The molecule has 0 radical (unpaired) electrons. The molecule has 7 nitrogen and oxygen atoms in total. The van der Waals surface area contributed by atoms with E-state index in [9.17, 15) is 14.4 Å². The minimum Gasteiger partial charge on any atom is -0.366 e. The molecule has 0 aromatic heterocycles. The molecule has 0 saturated carbocycles. The summed E-state index contributed by atoms with van der Waals surface area (Å²) in [7, 11) is 0. The molecule has 2 aromatic carbocycles. The molecule has 0 atom stereocenters. The molecule has 0 spiro atoms. The summed E-state index contributed by atoms with van der Waals surface area (Å²) in [5.41, 5.74) is 6.83. The van der Waals surface area contributed by atoms with Crippen molar-refractivity contribution in [3.8, 4) is 0 Å². The highest BCUT2D eigenvalue weighted by atomic mass is 35.5. The maximum atomic E-state index is 12.5. The van der Waals surface area contributed by atoms with E-state index >= 15 is 0 Å². The fourth-order valence-corrected chi connectivity index (χ4v) is 3.47. The Morgan fingerprint density at radius 2 is 1.62 bits per heavy atom. The van der Waals surface area contributed by atoms with Crippen LogP contribution in [0.4, 0.5) is 5.69 Å². The quantitative estimate of drug-likeness (QED) is 0.752.